The SMILES string of the molecule is CCC(Cl)(/N=N/C(Cl)(CC)C(C)C)C(C)C. The van der Waals surface area contributed by atoms with Gasteiger partial charge in [-0.2, -0.15) is 10.2 Å². The van der Waals surface area contributed by atoms with Crippen LogP contribution in [0, 0.1) is 11.8 Å². The highest BCUT2D eigenvalue weighted by Crippen LogP contribution is 2.36. The molecule has 0 saturated carbocycles. The lowest BCUT2D eigenvalue weighted by atomic mass is 10.0. The van der Waals surface area contributed by atoms with Gasteiger partial charge < -0.3 is 0 Å². The molecule has 0 aliphatic carbocycles. The first-order valence-corrected chi connectivity index (χ1v) is 6.79. The topological polar surface area (TPSA) is 24.7 Å². The van der Waals surface area contributed by atoms with Crippen molar-refractivity contribution in [3.63, 3.8) is 0 Å². The van der Waals surface area contributed by atoms with E-state index >= 15 is 0 Å². The van der Waals surface area contributed by atoms with Crippen LogP contribution >= 0.6 is 23.2 Å². The minimum Gasteiger partial charge on any atom is -0.169 e. The van der Waals surface area contributed by atoms with Crippen LogP contribution in [0.4, 0.5) is 0 Å². The number of hydrogen-bond donors (Lipinski definition) is 0. The van der Waals surface area contributed by atoms with Crippen molar-refractivity contribution in [1.29, 1.82) is 0 Å². The Labute approximate surface area is 110 Å². The molecule has 0 aliphatic rings. The van der Waals surface area contributed by atoms with E-state index in [1.807, 2.05) is 41.5 Å². The number of halogens is 2. The van der Waals surface area contributed by atoms with Gasteiger partial charge in [0.2, 0.25) is 0 Å². The van der Waals surface area contributed by atoms with Crippen LogP contribution in [0.2, 0.25) is 0 Å². The summed E-state index contributed by atoms with van der Waals surface area (Å²) in [6.07, 6.45) is 1.51. The molecular formula is C12H24Cl2N2. The van der Waals surface area contributed by atoms with E-state index < -0.39 is 10.00 Å². The molecule has 2 atom stereocenters. The van der Waals surface area contributed by atoms with Crippen LogP contribution in [0.1, 0.15) is 54.4 Å². The van der Waals surface area contributed by atoms with Crippen LogP contribution in [0.5, 0.6) is 0 Å². The van der Waals surface area contributed by atoms with Gasteiger partial charge in [0.1, 0.15) is 0 Å². The summed E-state index contributed by atoms with van der Waals surface area (Å²) >= 11 is 12.8. The highest BCUT2D eigenvalue weighted by atomic mass is 35.5. The van der Waals surface area contributed by atoms with Crippen molar-refractivity contribution in [3.05, 3.63) is 0 Å². The first-order chi connectivity index (χ1) is 7.22. The Morgan fingerprint density at radius 2 is 1.06 bits per heavy atom. The number of alkyl halides is 2. The van der Waals surface area contributed by atoms with E-state index in [2.05, 4.69) is 10.2 Å². The third-order valence-electron chi connectivity index (χ3n) is 3.14. The van der Waals surface area contributed by atoms with Gasteiger partial charge in [-0.3, -0.25) is 0 Å². The molecule has 0 rings (SSSR count). The van der Waals surface area contributed by atoms with Crippen LogP contribution in [0.3, 0.4) is 0 Å². The molecule has 4 heteroatoms. The van der Waals surface area contributed by atoms with Crippen molar-refractivity contribution < 1.29 is 0 Å². The van der Waals surface area contributed by atoms with Crippen LogP contribution in [0.25, 0.3) is 0 Å². The molecular weight excluding hydrogens is 243 g/mol. The van der Waals surface area contributed by atoms with Gasteiger partial charge in [-0.05, 0) is 24.7 Å². The summed E-state index contributed by atoms with van der Waals surface area (Å²) in [6, 6.07) is 0. The fraction of sp³-hybridized carbons (Fsp3) is 1.00. The highest BCUT2D eigenvalue weighted by Gasteiger charge is 2.33. The Morgan fingerprint density at radius 3 is 1.19 bits per heavy atom. The van der Waals surface area contributed by atoms with Gasteiger partial charge in [0.15, 0.2) is 10.00 Å². The van der Waals surface area contributed by atoms with Crippen LogP contribution in [-0.4, -0.2) is 10.00 Å². The average Bonchev–Trinajstić information content (AvgIpc) is 2.24. The summed E-state index contributed by atoms with van der Waals surface area (Å²) < 4.78 is 0. The Kier molecular flexibility index (Phi) is 6.27. The zero-order chi connectivity index (χ0) is 13.0. The molecule has 0 heterocycles. The van der Waals surface area contributed by atoms with E-state index in [4.69, 9.17) is 23.2 Å². The second kappa shape index (κ2) is 6.20. The number of azo groups is 1. The van der Waals surface area contributed by atoms with E-state index in [0.717, 1.165) is 12.8 Å². The van der Waals surface area contributed by atoms with Gasteiger partial charge in [0.25, 0.3) is 0 Å². The minimum atomic E-state index is -0.621. The molecule has 0 bridgehead atoms. The maximum atomic E-state index is 6.41. The third kappa shape index (κ3) is 3.89. The van der Waals surface area contributed by atoms with Crippen molar-refractivity contribution in [2.45, 2.75) is 64.4 Å². The van der Waals surface area contributed by atoms with Gasteiger partial charge in [-0.15, -0.1) is 0 Å². The maximum absolute atomic E-state index is 6.41. The summed E-state index contributed by atoms with van der Waals surface area (Å²) in [5, 5.41) is 8.59. The lowest BCUT2D eigenvalue weighted by Crippen LogP contribution is -2.29. The van der Waals surface area contributed by atoms with E-state index in [9.17, 15) is 0 Å². The molecule has 0 saturated heterocycles. The van der Waals surface area contributed by atoms with Crippen LogP contribution in [-0.2, 0) is 0 Å². The van der Waals surface area contributed by atoms with Crippen molar-refractivity contribution >= 4 is 23.2 Å². The average molecular weight is 267 g/mol. The van der Waals surface area contributed by atoms with Gasteiger partial charge in [-0.25, -0.2) is 0 Å². The number of hydrogen-bond acceptors (Lipinski definition) is 2. The van der Waals surface area contributed by atoms with E-state index in [1.165, 1.54) is 0 Å². The minimum absolute atomic E-state index is 0.243. The summed E-state index contributed by atoms with van der Waals surface area (Å²) in [5.41, 5.74) is 0. The summed E-state index contributed by atoms with van der Waals surface area (Å²) in [6.45, 7) is 12.2. The molecule has 0 aromatic rings. The molecule has 0 aromatic heterocycles. The smallest absolute Gasteiger partial charge is 0.156 e. The van der Waals surface area contributed by atoms with Crippen molar-refractivity contribution in [1.82, 2.24) is 0 Å². The highest BCUT2D eigenvalue weighted by molar-refractivity contribution is 6.24. The van der Waals surface area contributed by atoms with E-state index in [-0.39, 0.29) is 11.8 Å². The van der Waals surface area contributed by atoms with Crippen LogP contribution < -0.4 is 0 Å². The summed E-state index contributed by atoms with van der Waals surface area (Å²) in [7, 11) is 0. The lowest BCUT2D eigenvalue weighted by Gasteiger charge is -2.28. The molecule has 2 nitrogen and oxygen atoms in total. The number of nitrogens with zero attached hydrogens (tertiary/aromatic N) is 2. The van der Waals surface area contributed by atoms with Crippen LogP contribution in [0.15, 0.2) is 10.2 Å². The Bertz CT molecular complexity index is 217. The summed E-state index contributed by atoms with van der Waals surface area (Å²) in [4.78, 5) is -1.24. The standard InChI is InChI=1S/C12H24Cl2N2/c1-7-11(13,9(3)4)15-16-12(14,8-2)10(5)6/h9-10H,7-8H2,1-6H3/b16-15+. The lowest BCUT2D eigenvalue weighted by molar-refractivity contribution is 0.355. The van der Waals surface area contributed by atoms with Gasteiger partial charge >= 0.3 is 0 Å². The monoisotopic (exact) mass is 266 g/mol. The number of rotatable bonds is 6. The molecule has 0 aromatic carbocycles. The fourth-order valence-corrected chi connectivity index (χ4v) is 1.43. The molecule has 0 spiro atoms. The van der Waals surface area contributed by atoms with Gasteiger partial charge in [-0.1, -0.05) is 64.7 Å². The largest absolute Gasteiger partial charge is 0.169 e. The van der Waals surface area contributed by atoms with E-state index in [1.54, 1.807) is 0 Å². The zero-order valence-corrected chi connectivity index (χ0v) is 12.7. The molecule has 16 heavy (non-hydrogen) atoms. The zero-order valence-electron chi connectivity index (χ0n) is 11.2. The van der Waals surface area contributed by atoms with Gasteiger partial charge in [0, 0.05) is 0 Å². The van der Waals surface area contributed by atoms with Crippen molar-refractivity contribution in [2.75, 3.05) is 0 Å². The van der Waals surface area contributed by atoms with Crippen molar-refractivity contribution in [3.8, 4) is 0 Å². The molecule has 96 valence electrons. The second-order valence-electron chi connectivity index (χ2n) is 4.85. The van der Waals surface area contributed by atoms with Crippen molar-refractivity contribution in [2.24, 2.45) is 22.1 Å². The molecule has 0 amide bonds. The quantitative estimate of drug-likeness (QED) is 0.348. The molecule has 0 aliphatic heterocycles. The Morgan fingerprint density at radius 1 is 0.812 bits per heavy atom. The predicted molar refractivity (Wildman–Crippen MR) is 72.3 cm³/mol. The van der Waals surface area contributed by atoms with E-state index in [0.29, 0.717) is 0 Å². The first kappa shape index (κ1) is 16.2. The molecule has 0 fully saturated rings. The fourth-order valence-electron chi connectivity index (χ4n) is 1.36. The molecule has 0 N–H and O–H groups in total. The normalized spacial score (nSPS) is 20.4. The Hall–Kier alpha value is 0.180. The van der Waals surface area contributed by atoms with Gasteiger partial charge in [0.05, 0.1) is 0 Å². The summed E-state index contributed by atoms with van der Waals surface area (Å²) in [5.74, 6) is 0.487. The maximum Gasteiger partial charge on any atom is 0.156 e. The first-order valence-electron chi connectivity index (χ1n) is 6.03. The molecule has 2 unspecified atom stereocenters. The predicted octanol–water partition coefficient (Wildman–Crippen LogP) is 5.44. The second-order valence-corrected chi connectivity index (χ2v) is 6.16. The molecule has 0 radical (unpaired) electrons. The third-order valence-corrected chi connectivity index (χ3v) is 4.70. The Balaban J connectivity index is 4.92.